The molecule has 1 heterocycles. The fourth-order valence-corrected chi connectivity index (χ4v) is 1.26. The Balaban J connectivity index is 3.45. The number of nitro groups is 1. The van der Waals surface area contributed by atoms with Crippen molar-refractivity contribution in [2.45, 2.75) is 19.9 Å². The molecule has 0 aliphatic heterocycles. The Labute approximate surface area is 84.1 Å². The summed E-state index contributed by atoms with van der Waals surface area (Å²) in [5.74, 6) is 0. The molecule has 0 fully saturated rings. The van der Waals surface area contributed by atoms with Gasteiger partial charge in [0.25, 0.3) is 12.1 Å². The standard InChI is InChI=1S/C8H9F2N3O2/c1-4-2-6(13(14)15)5(3-11)7(12-4)8(9)10/h2,8H,3,11H2,1H3. The Kier molecular flexibility index (Phi) is 3.25. The second-order valence-corrected chi connectivity index (χ2v) is 2.91. The third kappa shape index (κ3) is 2.24. The predicted octanol–water partition coefficient (Wildman–Crippen LogP) is 1.69. The number of nitrogens with zero attached hydrogens (tertiary/aromatic N) is 2. The minimum atomic E-state index is -2.86. The SMILES string of the molecule is Cc1cc([N+](=O)[O-])c(CN)c(C(F)F)n1. The number of rotatable bonds is 3. The van der Waals surface area contributed by atoms with Crippen molar-refractivity contribution >= 4 is 5.69 Å². The molecule has 15 heavy (non-hydrogen) atoms. The van der Waals surface area contributed by atoms with Crippen LogP contribution < -0.4 is 5.73 Å². The Morgan fingerprint density at radius 2 is 2.27 bits per heavy atom. The van der Waals surface area contributed by atoms with Gasteiger partial charge in [0.15, 0.2) is 0 Å². The first-order chi connectivity index (χ1) is 6.97. The van der Waals surface area contributed by atoms with Crippen LogP contribution in [-0.4, -0.2) is 9.91 Å². The number of halogens is 2. The second kappa shape index (κ2) is 4.26. The molecular formula is C8H9F2N3O2. The van der Waals surface area contributed by atoms with Crippen molar-refractivity contribution in [3.63, 3.8) is 0 Å². The zero-order valence-corrected chi connectivity index (χ0v) is 7.91. The fraction of sp³-hybridized carbons (Fsp3) is 0.375. The van der Waals surface area contributed by atoms with Gasteiger partial charge in [0.05, 0.1) is 10.5 Å². The smallest absolute Gasteiger partial charge is 0.280 e. The molecule has 0 unspecified atom stereocenters. The lowest BCUT2D eigenvalue weighted by molar-refractivity contribution is -0.385. The molecule has 0 aliphatic carbocycles. The number of hydrogen-bond acceptors (Lipinski definition) is 4. The van der Waals surface area contributed by atoms with Gasteiger partial charge in [-0.1, -0.05) is 0 Å². The molecule has 0 amide bonds. The molecule has 0 spiro atoms. The first-order valence-corrected chi connectivity index (χ1v) is 4.10. The Morgan fingerprint density at radius 3 is 2.67 bits per heavy atom. The van der Waals surface area contributed by atoms with Crippen LogP contribution in [0.5, 0.6) is 0 Å². The molecule has 7 heteroatoms. The molecule has 5 nitrogen and oxygen atoms in total. The van der Waals surface area contributed by atoms with Gasteiger partial charge in [0.1, 0.15) is 5.69 Å². The Bertz CT molecular complexity index is 396. The van der Waals surface area contributed by atoms with Crippen LogP contribution >= 0.6 is 0 Å². The van der Waals surface area contributed by atoms with Crippen molar-refractivity contribution in [1.29, 1.82) is 0 Å². The van der Waals surface area contributed by atoms with Crippen LogP contribution in [0.3, 0.4) is 0 Å². The zero-order valence-electron chi connectivity index (χ0n) is 7.91. The maximum atomic E-state index is 12.5. The van der Waals surface area contributed by atoms with E-state index in [1.807, 2.05) is 0 Å². The van der Waals surface area contributed by atoms with Gasteiger partial charge in [-0.25, -0.2) is 8.78 Å². The summed E-state index contributed by atoms with van der Waals surface area (Å²) in [6.07, 6.45) is -2.86. The summed E-state index contributed by atoms with van der Waals surface area (Å²) in [7, 11) is 0. The number of aryl methyl sites for hydroxylation is 1. The van der Waals surface area contributed by atoms with Crippen LogP contribution in [0.4, 0.5) is 14.5 Å². The average Bonchev–Trinajstić information content (AvgIpc) is 2.16. The predicted molar refractivity (Wildman–Crippen MR) is 48.5 cm³/mol. The van der Waals surface area contributed by atoms with Crippen molar-refractivity contribution in [1.82, 2.24) is 4.98 Å². The minimum Gasteiger partial charge on any atom is -0.326 e. The van der Waals surface area contributed by atoms with E-state index in [2.05, 4.69) is 4.98 Å². The molecular weight excluding hydrogens is 208 g/mol. The molecule has 1 aromatic rings. The Hall–Kier alpha value is -1.63. The van der Waals surface area contributed by atoms with Crippen LogP contribution in [-0.2, 0) is 6.54 Å². The number of hydrogen-bond donors (Lipinski definition) is 1. The summed E-state index contributed by atoms with van der Waals surface area (Å²) in [5, 5.41) is 10.6. The molecule has 0 aliphatic rings. The van der Waals surface area contributed by atoms with Crippen molar-refractivity contribution < 1.29 is 13.7 Å². The van der Waals surface area contributed by atoms with Gasteiger partial charge < -0.3 is 5.73 Å². The number of alkyl halides is 2. The molecule has 1 aromatic heterocycles. The molecule has 0 aromatic carbocycles. The van der Waals surface area contributed by atoms with E-state index in [4.69, 9.17) is 5.73 Å². The van der Waals surface area contributed by atoms with Gasteiger partial charge in [-0.15, -0.1) is 0 Å². The number of aromatic nitrogens is 1. The van der Waals surface area contributed by atoms with Crippen LogP contribution in [0.15, 0.2) is 6.07 Å². The lowest BCUT2D eigenvalue weighted by Gasteiger charge is -2.07. The average molecular weight is 217 g/mol. The van der Waals surface area contributed by atoms with Crippen LogP contribution in [0.2, 0.25) is 0 Å². The van der Waals surface area contributed by atoms with E-state index >= 15 is 0 Å². The van der Waals surface area contributed by atoms with E-state index in [0.29, 0.717) is 0 Å². The molecule has 82 valence electrons. The van der Waals surface area contributed by atoms with Crippen molar-refractivity contribution in [3.05, 3.63) is 33.1 Å². The minimum absolute atomic E-state index is 0.175. The van der Waals surface area contributed by atoms with Crippen LogP contribution in [0, 0.1) is 17.0 Å². The van der Waals surface area contributed by atoms with E-state index in [9.17, 15) is 18.9 Å². The van der Waals surface area contributed by atoms with Gasteiger partial charge in [-0.2, -0.15) is 0 Å². The van der Waals surface area contributed by atoms with Crippen LogP contribution in [0.1, 0.15) is 23.4 Å². The summed E-state index contributed by atoms with van der Waals surface area (Å²) >= 11 is 0. The van der Waals surface area contributed by atoms with Gasteiger partial charge in [-0.05, 0) is 6.92 Å². The van der Waals surface area contributed by atoms with Gasteiger partial charge in [0, 0.05) is 18.3 Å². The molecule has 0 radical (unpaired) electrons. The molecule has 0 atom stereocenters. The third-order valence-electron chi connectivity index (χ3n) is 1.87. The van der Waals surface area contributed by atoms with E-state index < -0.39 is 22.7 Å². The summed E-state index contributed by atoms with van der Waals surface area (Å²) in [5.41, 5.74) is 4.16. The normalized spacial score (nSPS) is 10.7. The fourth-order valence-electron chi connectivity index (χ4n) is 1.26. The molecule has 0 bridgehead atoms. The summed E-state index contributed by atoms with van der Waals surface area (Å²) in [6.45, 7) is 1.09. The topological polar surface area (TPSA) is 82.0 Å². The summed E-state index contributed by atoms with van der Waals surface area (Å²) in [6, 6.07) is 1.13. The van der Waals surface area contributed by atoms with Crippen molar-refractivity contribution in [2.75, 3.05) is 0 Å². The highest BCUT2D eigenvalue weighted by atomic mass is 19.3. The van der Waals surface area contributed by atoms with Gasteiger partial charge in [0.2, 0.25) is 0 Å². The van der Waals surface area contributed by atoms with Crippen LogP contribution in [0.25, 0.3) is 0 Å². The van der Waals surface area contributed by atoms with E-state index in [1.165, 1.54) is 6.92 Å². The summed E-state index contributed by atoms with van der Waals surface area (Å²) < 4.78 is 25.0. The van der Waals surface area contributed by atoms with Crippen molar-refractivity contribution in [2.24, 2.45) is 5.73 Å². The monoisotopic (exact) mass is 217 g/mol. The highest BCUT2D eigenvalue weighted by Gasteiger charge is 2.23. The Morgan fingerprint density at radius 1 is 1.67 bits per heavy atom. The number of nitrogens with two attached hydrogens (primary N) is 1. The van der Waals surface area contributed by atoms with Crippen molar-refractivity contribution in [3.8, 4) is 0 Å². The zero-order chi connectivity index (χ0) is 11.6. The third-order valence-corrected chi connectivity index (χ3v) is 1.87. The quantitative estimate of drug-likeness (QED) is 0.617. The highest BCUT2D eigenvalue weighted by Crippen LogP contribution is 2.28. The number of pyridine rings is 1. The van der Waals surface area contributed by atoms with Gasteiger partial charge in [-0.3, -0.25) is 15.1 Å². The first kappa shape index (κ1) is 11.4. The van der Waals surface area contributed by atoms with Gasteiger partial charge >= 0.3 is 0 Å². The second-order valence-electron chi connectivity index (χ2n) is 2.91. The molecule has 0 saturated carbocycles. The molecule has 1 rings (SSSR count). The van der Waals surface area contributed by atoms with E-state index in [0.717, 1.165) is 6.07 Å². The van der Waals surface area contributed by atoms with E-state index in [1.54, 1.807) is 0 Å². The maximum Gasteiger partial charge on any atom is 0.280 e. The largest absolute Gasteiger partial charge is 0.326 e. The lowest BCUT2D eigenvalue weighted by Crippen LogP contribution is -2.09. The molecule has 2 N–H and O–H groups in total. The maximum absolute atomic E-state index is 12.5. The first-order valence-electron chi connectivity index (χ1n) is 4.10. The van der Waals surface area contributed by atoms with E-state index in [-0.39, 0.29) is 17.8 Å². The summed E-state index contributed by atoms with van der Waals surface area (Å²) in [4.78, 5) is 13.4. The lowest BCUT2D eigenvalue weighted by atomic mass is 10.1. The molecule has 0 saturated heterocycles. The highest BCUT2D eigenvalue weighted by molar-refractivity contribution is 5.44.